The van der Waals surface area contributed by atoms with Gasteiger partial charge in [0.25, 0.3) is 0 Å². The first-order valence-corrected chi connectivity index (χ1v) is 18.8. The standard InChI is InChI=1S/C25H41NOSi2/c1-28(2,3)20-10-7-8-14-22-15-12-18-25-19-13-17-24(27-26(22)25)23(25)16-9-11-21-29(4,5)6/h9,16,22-24H,7-8,12-15,17-19H2,1-6H3/b16-9-/t22-,23-,24+,25-/m1/s1. The van der Waals surface area contributed by atoms with Crippen LogP contribution in [-0.2, 0) is 4.84 Å². The second-order valence-corrected chi connectivity index (χ2v) is 20.9. The topological polar surface area (TPSA) is 12.5 Å². The van der Waals surface area contributed by atoms with Gasteiger partial charge in [0.2, 0.25) is 0 Å². The van der Waals surface area contributed by atoms with Crippen molar-refractivity contribution in [3.63, 3.8) is 0 Å². The van der Waals surface area contributed by atoms with Crippen LogP contribution in [0.25, 0.3) is 0 Å². The number of unbranched alkanes of at least 4 members (excludes halogenated alkanes) is 1. The van der Waals surface area contributed by atoms with Crippen LogP contribution < -0.4 is 0 Å². The molecule has 2 aliphatic heterocycles. The van der Waals surface area contributed by atoms with Gasteiger partial charge in [0.05, 0.1) is 11.6 Å². The first-order chi connectivity index (χ1) is 13.6. The Bertz CT molecular complexity index is 720. The third-order valence-electron chi connectivity index (χ3n) is 6.42. The molecule has 0 radical (unpaired) electrons. The first kappa shape index (κ1) is 22.9. The fourth-order valence-electron chi connectivity index (χ4n) is 5.27. The number of allylic oxidation sites excluding steroid dienone is 1. The summed E-state index contributed by atoms with van der Waals surface area (Å²) >= 11 is 0. The molecule has 0 unspecified atom stereocenters. The third-order valence-corrected chi connectivity index (χ3v) is 8.24. The largest absolute Gasteiger partial charge is 0.294 e. The molecule has 0 amide bonds. The van der Waals surface area contributed by atoms with Gasteiger partial charge in [-0.2, -0.15) is 5.06 Å². The number of piperidine rings is 1. The molecule has 160 valence electrons. The molecule has 2 nitrogen and oxygen atoms in total. The minimum atomic E-state index is -1.31. The van der Waals surface area contributed by atoms with E-state index in [1.165, 1.54) is 51.4 Å². The normalized spacial score (nSPS) is 32.3. The van der Waals surface area contributed by atoms with Crippen molar-refractivity contribution in [2.75, 3.05) is 0 Å². The lowest BCUT2D eigenvalue weighted by molar-refractivity contribution is -0.223. The van der Waals surface area contributed by atoms with Crippen LogP contribution in [0.5, 0.6) is 0 Å². The van der Waals surface area contributed by atoms with Gasteiger partial charge in [0.15, 0.2) is 0 Å². The van der Waals surface area contributed by atoms with Crippen LogP contribution in [0.3, 0.4) is 0 Å². The minimum absolute atomic E-state index is 0.229. The fourth-order valence-corrected chi connectivity index (χ4v) is 6.44. The summed E-state index contributed by atoms with van der Waals surface area (Å²) in [5.74, 6) is 7.32. The first-order valence-electron chi connectivity index (χ1n) is 11.8. The number of fused-ring (bicyclic) bond motifs is 1. The highest BCUT2D eigenvalue weighted by Crippen LogP contribution is 2.54. The Kier molecular flexibility index (Phi) is 7.22. The smallest absolute Gasteiger partial charge is 0.129 e. The van der Waals surface area contributed by atoms with Crippen molar-refractivity contribution in [1.29, 1.82) is 0 Å². The van der Waals surface area contributed by atoms with Gasteiger partial charge in [-0.1, -0.05) is 51.3 Å². The average Bonchev–Trinajstić information content (AvgIpc) is 2.78. The molecular formula is C25H41NOSi2. The fraction of sp³-hybridized carbons (Fsp3) is 0.760. The second-order valence-electron chi connectivity index (χ2n) is 11.4. The van der Waals surface area contributed by atoms with Crippen molar-refractivity contribution in [3.8, 4) is 22.9 Å². The van der Waals surface area contributed by atoms with Crippen molar-refractivity contribution in [1.82, 2.24) is 5.06 Å². The summed E-state index contributed by atoms with van der Waals surface area (Å²) < 4.78 is 0. The van der Waals surface area contributed by atoms with Gasteiger partial charge in [0, 0.05) is 18.4 Å². The predicted molar refractivity (Wildman–Crippen MR) is 130 cm³/mol. The molecule has 3 rings (SSSR count). The predicted octanol–water partition coefficient (Wildman–Crippen LogP) is 6.18. The van der Waals surface area contributed by atoms with E-state index in [0.717, 1.165) is 6.42 Å². The molecular weight excluding hydrogens is 386 g/mol. The second kappa shape index (κ2) is 9.15. The summed E-state index contributed by atoms with van der Waals surface area (Å²) in [6.07, 6.45) is 16.1. The Morgan fingerprint density at radius 2 is 1.69 bits per heavy atom. The van der Waals surface area contributed by atoms with Crippen LogP contribution in [0.4, 0.5) is 0 Å². The molecule has 1 aliphatic carbocycles. The minimum Gasteiger partial charge on any atom is -0.294 e. The van der Waals surface area contributed by atoms with E-state index in [9.17, 15) is 0 Å². The third kappa shape index (κ3) is 5.89. The van der Waals surface area contributed by atoms with E-state index < -0.39 is 16.1 Å². The van der Waals surface area contributed by atoms with E-state index in [0.29, 0.717) is 18.1 Å². The van der Waals surface area contributed by atoms with Crippen LogP contribution >= 0.6 is 0 Å². The zero-order chi connectivity index (χ0) is 21.1. The lowest BCUT2D eigenvalue weighted by atomic mass is 9.67. The van der Waals surface area contributed by atoms with Gasteiger partial charge in [-0.15, -0.1) is 17.0 Å². The van der Waals surface area contributed by atoms with E-state index in [1.807, 2.05) is 0 Å². The average molecular weight is 428 g/mol. The van der Waals surface area contributed by atoms with Gasteiger partial charge in [-0.25, -0.2) is 0 Å². The molecule has 4 atom stereocenters. The Morgan fingerprint density at radius 3 is 2.38 bits per heavy atom. The van der Waals surface area contributed by atoms with E-state index in [4.69, 9.17) is 4.84 Å². The van der Waals surface area contributed by atoms with Gasteiger partial charge in [-0.3, -0.25) is 4.84 Å². The van der Waals surface area contributed by atoms with E-state index >= 15 is 0 Å². The SMILES string of the molecule is C[Si](C)(C)C#C/C=C\[C@@H]1[C@@H]2CCC[C@]13CCC[C@@H](CCCC#C[Si](C)(C)C)N3O2. The summed E-state index contributed by atoms with van der Waals surface area (Å²) in [6.45, 7) is 13.9. The quantitative estimate of drug-likeness (QED) is 0.302. The molecule has 3 aliphatic rings. The molecule has 0 aromatic rings. The highest BCUT2D eigenvalue weighted by Gasteiger charge is 2.58. The summed E-state index contributed by atoms with van der Waals surface area (Å²) in [4.78, 5) is 6.63. The lowest BCUT2D eigenvalue weighted by Gasteiger charge is -2.48. The summed E-state index contributed by atoms with van der Waals surface area (Å²) in [5.41, 5.74) is 7.22. The monoisotopic (exact) mass is 427 g/mol. The molecule has 2 heterocycles. The number of hydrogen-bond acceptors (Lipinski definition) is 2. The molecule has 3 fully saturated rings. The summed E-state index contributed by atoms with van der Waals surface area (Å²) in [5, 5.41) is 2.49. The maximum absolute atomic E-state index is 6.63. The Morgan fingerprint density at radius 1 is 1.00 bits per heavy atom. The molecule has 0 N–H and O–H groups in total. The van der Waals surface area contributed by atoms with Crippen molar-refractivity contribution in [2.24, 2.45) is 5.92 Å². The molecule has 2 saturated heterocycles. The number of hydrogen-bond donors (Lipinski definition) is 0. The molecule has 0 aromatic carbocycles. The number of hydroxylamine groups is 2. The molecule has 4 heteroatoms. The van der Waals surface area contributed by atoms with Crippen molar-refractivity contribution < 1.29 is 4.84 Å². The highest BCUT2D eigenvalue weighted by atomic mass is 28.3. The summed E-state index contributed by atoms with van der Waals surface area (Å²) in [7, 11) is -2.54. The van der Waals surface area contributed by atoms with Crippen LogP contribution in [-0.4, -0.2) is 38.9 Å². The number of rotatable bonds is 4. The Labute approximate surface area is 181 Å². The van der Waals surface area contributed by atoms with E-state index in [-0.39, 0.29) is 5.54 Å². The molecule has 1 saturated carbocycles. The number of nitrogens with zero attached hydrogens (tertiary/aromatic N) is 1. The maximum Gasteiger partial charge on any atom is 0.129 e. The van der Waals surface area contributed by atoms with Crippen molar-refractivity contribution >= 4 is 16.1 Å². The maximum atomic E-state index is 6.63. The Hall–Kier alpha value is -0.786. The molecule has 29 heavy (non-hydrogen) atoms. The van der Waals surface area contributed by atoms with Crippen LogP contribution in [0, 0.1) is 28.8 Å². The lowest BCUT2D eigenvalue weighted by Crippen LogP contribution is -2.55. The van der Waals surface area contributed by atoms with Crippen LogP contribution in [0.2, 0.25) is 39.3 Å². The molecule has 2 bridgehead atoms. The van der Waals surface area contributed by atoms with Crippen LogP contribution in [0.1, 0.15) is 57.8 Å². The highest BCUT2D eigenvalue weighted by molar-refractivity contribution is 6.84. The van der Waals surface area contributed by atoms with Crippen molar-refractivity contribution in [3.05, 3.63) is 12.2 Å². The molecule has 0 aromatic heterocycles. The summed E-state index contributed by atoms with van der Waals surface area (Å²) in [6, 6.07) is 0.574. The van der Waals surface area contributed by atoms with Gasteiger partial charge in [-0.05, 0) is 57.4 Å². The van der Waals surface area contributed by atoms with Crippen molar-refractivity contribution in [2.45, 2.75) is 115 Å². The molecule has 1 spiro atoms. The van der Waals surface area contributed by atoms with Gasteiger partial charge < -0.3 is 0 Å². The van der Waals surface area contributed by atoms with Gasteiger partial charge >= 0.3 is 0 Å². The van der Waals surface area contributed by atoms with Gasteiger partial charge in [0.1, 0.15) is 16.1 Å². The zero-order valence-corrected chi connectivity index (χ0v) is 21.6. The van der Waals surface area contributed by atoms with E-state index in [1.54, 1.807) is 0 Å². The van der Waals surface area contributed by atoms with E-state index in [2.05, 4.69) is 79.4 Å². The zero-order valence-electron chi connectivity index (χ0n) is 19.6. The Balaban J connectivity index is 1.66. The van der Waals surface area contributed by atoms with Crippen LogP contribution in [0.15, 0.2) is 12.2 Å².